The summed E-state index contributed by atoms with van der Waals surface area (Å²) in [5.74, 6) is -5.93. The number of phenols is 6. The number of rotatable bonds is 12. The van der Waals surface area contributed by atoms with Gasteiger partial charge >= 0.3 is 0 Å². The molecule has 0 bridgehead atoms. The number of nitrogens with zero attached hydrogens (tertiary/aromatic N) is 1. The van der Waals surface area contributed by atoms with E-state index in [0.717, 1.165) is 0 Å². The van der Waals surface area contributed by atoms with Gasteiger partial charge < -0.3 is 47.8 Å². The Hall–Kier alpha value is -4.69. The van der Waals surface area contributed by atoms with Crippen LogP contribution in [0.4, 0.5) is 0 Å². The van der Waals surface area contributed by atoms with Crippen molar-refractivity contribution in [3.63, 3.8) is 0 Å². The van der Waals surface area contributed by atoms with Gasteiger partial charge in [-0.25, -0.2) is 0 Å². The van der Waals surface area contributed by atoms with Gasteiger partial charge in [0.2, 0.25) is 0 Å². The number of Topliss-reactive ketones (excluding diaryl/α,β-unsaturated/α-hetero) is 3. The first-order chi connectivity index (χ1) is 18.8. The van der Waals surface area contributed by atoms with Crippen molar-refractivity contribution in [3.8, 4) is 34.5 Å². The fourth-order valence-electron chi connectivity index (χ4n) is 4.10. The third-order valence-corrected chi connectivity index (χ3v) is 6.22. The van der Waals surface area contributed by atoms with Crippen LogP contribution in [0.2, 0.25) is 0 Å². The lowest BCUT2D eigenvalue weighted by atomic mass is 9.99. The molecule has 3 aromatic rings. The molecule has 0 saturated carbocycles. The van der Waals surface area contributed by atoms with Crippen LogP contribution in [-0.4, -0.2) is 90.6 Å². The summed E-state index contributed by atoms with van der Waals surface area (Å²) in [5.41, 5.74) is 17.5. The largest absolute Gasteiger partial charge is 0.504 e. The summed E-state index contributed by atoms with van der Waals surface area (Å²) < 4.78 is 0. The molecule has 3 unspecified atom stereocenters. The van der Waals surface area contributed by atoms with Crippen LogP contribution in [0.5, 0.6) is 34.5 Å². The van der Waals surface area contributed by atoms with Crippen molar-refractivity contribution in [2.24, 2.45) is 17.2 Å². The number of hydrogen-bond acceptors (Lipinski definition) is 13. The second kappa shape index (κ2) is 12.4. The smallest absolute Gasteiger partial charge is 0.184 e. The number of para-hydroxylation sites is 3. The summed E-state index contributed by atoms with van der Waals surface area (Å²) in [6.07, 6.45) is 0. The summed E-state index contributed by atoms with van der Waals surface area (Å²) in [4.78, 5) is 40.2. The molecule has 0 fully saturated rings. The number of hydrogen-bond donors (Lipinski definition) is 9. The third-order valence-electron chi connectivity index (χ3n) is 6.22. The highest BCUT2D eigenvalue weighted by Gasteiger charge is 2.30. The average Bonchev–Trinajstić information content (AvgIpc) is 2.92. The molecule has 0 heterocycles. The molecule has 0 aliphatic carbocycles. The van der Waals surface area contributed by atoms with Crippen LogP contribution < -0.4 is 17.2 Å². The Labute approximate surface area is 228 Å². The predicted molar refractivity (Wildman–Crippen MR) is 143 cm³/mol. The highest BCUT2D eigenvalue weighted by Crippen LogP contribution is 2.31. The standard InChI is InChI=1S/C27H30N4O9/c28-16(22(35)13-4-1-7-19(32)25(13)38)10-31(11-17(29)23(36)14-5-2-8-20(33)26(14)39)12-18(30)24(37)15-6-3-9-21(34)27(15)40/h1-9,16-18,32-34,38-40H,10-12,28-30H2. The molecule has 3 atom stereocenters. The van der Waals surface area contributed by atoms with Gasteiger partial charge in [0.1, 0.15) is 0 Å². The summed E-state index contributed by atoms with van der Waals surface area (Å²) in [6, 6.07) is 7.23. The van der Waals surface area contributed by atoms with E-state index in [1.807, 2.05) is 0 Å². The summed E-state index contributed by atoms with van der Waals surface area (Å²) in [7, 11) is 0. The molecule has 0 radical (unpaired) electrons. The Morgan fingerprint density at radius 3 is 1.02 bits per heavy atom. The second-order valence-corrected chi connectivity index (χ2v) is 9.15. The molecule has 0 aliphatic rings. The van der Waals surface area contributed by atoms with Crippen LogP contribution in [0.3, 0.4) is 0 Å². The number of aromatic hydroxyl groups is 6. The molecule has 13 nitrogen and oxygen atoms in total. The molecule has 0 aromatic heterocycles. The van der Waals surface area contributed by atoms with Crippen LogP contribution in [-0.2, 0) is 0 Å². The van der Waals surface area contributed by atoms with Crippen molar-refractivity contribution in [1.82, 2.24) is 4.90 Å². The van der Waals surface area contributed by atoms with Crippen molar-refractivity contribution >= 4 is 17.3 Å². The van der Waals surface area contributed by atoms with Crippen LogP contribution in [0.15, 0.2) is 54.6 Å². The Balaban J connectivity index is 1.86. The van der Waals surface area contributed by atoms with Gasteiger partial charge in [-0.1, -0.05) is 18.2 Å². The zero-order valence-corrected chi connectivity index (χ0v) is 21.1. The SMILES string of the molecule is NC(CN(CC(N)C(=O)c1cccc(O)c1O)CC(N)C(=O)c1cccc(O)c1O)C(=O)c1cccc(O)c1O. The lowest BCUT2D eigenvalue weighted by molar-refractivity contribution is 0.0878. The molecule has 12 N–H and O–H groups in total. The molecule has 212 valence electrons. The number of carbonyl (C=O) groups excluding carboxylic acids is 3. The Kier molecular flexibility index (Phi) is 9.29. The van der Waals surface area contributed by atoms with Gasteiger partial charge in [0.25, 0.3) is 0 Å². The van der Waals surface area contributed by atoms with Gasteiger partial charge in [-0.05, 0) is 36.4 Å². The summed E-state index contributed by atoms with van der Waals surface area (Å²) in [5, 5.41) is 59.4. The topological polar surface area (TPSA) is 254 Å². The molecular formula is C27H30N4O9. The number of phenolic OH excluding ortho intramolecular Hbond substituents is 6. The molecule has 3 rings (SSSR count). The van der Waals surface area contributed by atoms with Crippen LogP contribution >= 0.6 is 0 Å². The second-order valence-electron chi connectivity index (χ2n) is 9.15. The summed E-state index contributed by atoms with van der Waals surface area (Å²) in [6.45, 7) is -0.976. The van der Waals surface area contributed by atoms with Crippen molar-refractivity contribution in [2.45, 2.75) is 18.1 Å². The molecule has 40 heavy (non-hydrogen) atoms. The molecule has 0 spiro atoms. The summed E-state index contributed by atoms with van der Waals surface area (Å²) >= 11 is 0. The molecule has 0 amide bonds. The van der Waals surface area contributed by atoms with Crippen molar-refractivity contribution in [3.05, 3.63) is 71.3 Å². The lowest BCUT2D eigenvalue weighted by Gasteiger charge is -2.29. The highest BCUT2D eigenvalue weighted by atomic mass is 16.3. The van der Waals surface area contributed by atoms with E-state index >= 15 is 0 Å². The minimum atomic E-state index is -1.35. The van der Waals surface area contributed by atoms with Gasteiger partial charge in [0.05, 0.1) is 34.8 Å². The van der Waals surface area contributed by atoms with Crippen molar-refractivity contribution < 1.29 is 45.0 Å². The van der Waals surface area contributed by atoms with E-state index in [0.29, 0.717) is 0 Å². The lowest BCUT2D eigenvalue weighted by Crippen LogP contribution is -2.53. The van der Waals surface area contributed by atoms with Gasteiger partial charge in [-0.15, -0.1) is 0 Å². The first-order valence-corrected chi connectivity index (χ1v) is 12.0. The fourth-order valence-corrected chi connectivity index (χ4v) is 4.10. The average molecular weight is 555 g/mol. The number of nitrogens with two attached hydrogens (primary N) is 3. The Morgan fingerprint density at radius 1 is 0.525 bits per heavy atom. The third kappa shape index (κ3) is 6.47. The minimum absolute atomic E-state index is 0.262. The normalized spacial score (nSPS) is 13.5. The maximum absolute atomic E-state index is 13.0. The van der Waals surface area contributed by atoms with E-state index in [1.54, 1.807) is 0 Å². The van der Waals surface area contributed by atoms with Gasteiger partial charge in [0, 0.05) is 19.6 Å². The van der Waals surface area contributed by atoms with E-state index in [-0.39, 0.29) is 36.3 Å². The number of carbonyl (C=O) groups is 3. The first kappa shape index (κ1) is 29.9. The predicted octanol–water partition coefficient (Wildman–Crippen LogP) is 0.153. The number of ketones is 3. The maximum atomic E-state index is 13.0. The quantitative estimate of drug-likeness (QED) is 0.107. The number of benzene rings is 3. The fraction of sp³-hybridized carbons (Fsp3) is 0.222. The van der Waals surface area contributed by atoms with E-state index in [4.69, 9.17) is 17.2 Å². The molecule has 0 saturated heterocycles. The minimum Gasteiger partial charge on any atom is -0.504 e. The van der Waals surface area contributed by atoms with Crippen LogP contribution in [0.1, 0.15) is 31.1 Å². The Morgan fingerprint density at radius 2 is 0.775 bits per heavy atom. The Bertz CT molecular complexity index is 1260. The zero-order chi connectivity index (χ0) is 29.7. The van der Waals surface area contributed by atoms with Crippen LogP contribution in [0.25, 0.3) is 0 Å². The first-order valence-electron chi connectivity index (χ1n) is 12.0. The van der Waals surface area contributed by atoms with E-state index in [9.17, 15) is 45.0 Å². The van der Waals surface area contributed by atoms with Gasteiger partial charge in [-0.3, -0.25) is 19.3 Å². The van der Waals surface area contributed by atoms with Crippen LogP contribution in [0, 0.1) is 0 Å². The highest BCUT2D eigenvalue weighted by molar-refractivity contribution is 6.04. The molecular weight excluding hydrogens is 524 g/mol. The molecule has 13 heteroatoms. The van der Waals surface area contributed by atoms with E-state index in [1.165, 1.54) is 59.5 Å². The van der Waals surface area contributed by atoms with Crippen molar-refractivity contribution in [2.75, 3.05) is 19.6 Å². The monoisotopic (exact) mass is 554 g/mol. The van der Waals surface area contributed by atoms with E-state index in [2.05, 4.69) is 0 Å². The molecule has 3 aromatic carbocycles. The van der Waals surface area contributed by atoms with Crippen molar-refractivity contribution in [1.29, 1.82) is 0 Å². The molecule has 0 aliphatic heterocycles. The maximum Gasteiger partial charge on any atom is 0.184 e. The van der Waals surface area contributed by atoms with Gasteiger partial charge in [0.15, 0.2) is 51.8 Å². The zero-order valence-electron chi connectivity index (χ0n) is 21.1. The van der Waals surface area contributed by atoms with Gasteiger partial charge in [-0.2, -0.15) is 0 Å². The van der Waals surface area contributed by atoms with E-state index < -0.39 is 70.0 Å².